The third-order valence-corrected chi connectivity index (χ3v) is 5.22. The Bertz CT molecular complexity index is 1330. The topological polar surface area (TPSA) is 114 Å². The SMILES string of the molecule is C=CC(=O)OCCCCOc1ccc(C(=O)Oc2ccc(C(=O)Oc3ccc(OC(C)=O)cc3C)cc2)cc1. The summed E-state index contributed by atoms with van der Waals surface area (Å²) in [6, 6.07) is 17.1. The van der Waals surface area contributed by atoms with Crippen LogP contribution in [0, 0.1) is 6.92 Å². The largest absolute Gasteiger partial charge is 0.494 e. The molecule has 0 aliphatic rings. The maximum atomic E-state index is 12.5. The van der Waals surface area contributed by atoms with Crippen LogP contribution >= 0.6 is 0 Å². The van der Waals surface area contributed by atoms with E-state index in [2.05, 4.69) is 6.58 Å². The van der Waals surface area contributed by atoms with Gasteiger partial charge in [-0.25, -0.2) is 14.4 Å². The van der Waals surface area contributed by atoms with Crippen LogP contribution in [-0.4, -0.2) is 37.1 Å². The van der Waals surface area contributed by atoms with Crippen molar-refractivity contribution >= 4 is 23.9 Å². The molecule has 0 bridgehead atoms. The van der Waals surface area contributed by atoms with E-state index >= 15 is 0 Å². The maximum absolute atomic E-state index is 12.5. The van der Waals surface area contributed by atoms with Crippen LogP contribution in [0.3, 0.4) is 0 Å². The molecule has 0 aliphatic heterocycles. The molecule has 0 spiro atoms. The third-order valence-electron chi connectivity index (χ3n) is 5.22. The highest BCUT2D eigenvalue weighted by Gasteiger charge is 2.14. The van der Waals surface area contributed by atoms with Crippen LogP contribution in [0.4, 0.5) is 0 Å². The molecular formula is C30H28O9. The number of rotatable bonds is 12. The Morgan fingerprint density at radius 3 is 1.87 bits per heavy atom. The van der Waals surface area contributed by atoms with Gasteiger partial charge in [0.2, 0.25) is 0 Å². The van der Waals surface area contributed by atoms with Crippen LogP contribution in [-0.2, 0) is 14.3 Å². The fraction of sp³-hybridized carbons (Fsp3) is 0.200. The molecule has 0 atom stereocenters. The Kier molecular flexibility index (Phi) is 10.4. The Morgan fingerprint density at radius 2 is 1.28 bits per heavy atom. The van der Waals surface area contributed by atoms with Gasteiger partial charge in [0.15, 0.2) is 0 Å². The molecule has 9 nitrogen and oxygen atoms in total. The molecule has 0 radical (unpaired) electrons. The number of unbranched alkanes of at least 4 members (excludes halogenated alkanes) is 1. The molecule has 3 aromatic rings. The second-order valence-electron chi connectivity index (χ2n) is 8.28. The quantitative estimate of drug-likeness (QED) is 0.134. The number of carbonyl (C=O) groups is 4. The van der Waals surface area contributed by atoms with Crippen molar-refractivity contribution in [1.29, 1.82) is 0 Å². The van der Waals surface area contributed by atoms with Gasteiger partial charge in [-0.05, 0) is 92.1 Å². The summed E-state index contributed by atoms with van der Waals surface area (Å²) in [5, 5.41) is 0. The van der Waals surface area contributed by atoms with Crippen molar-refractivity contribution in [2.24, 2.45) is 0 Å². The highest BCUT2D eigenvalue weighted by molar-refractivity contribution is 5.93. The zero-order chi connectivity index (χ0) is 28.2. The van der Waals surface area contributed by atoms with Crippen LogP contribution in [0.5, 0.6) is 23.0 Å². The lowest BCUT2D eigenvalue weighted by Gasteiger charge is -2.10. The predicted octanol–water partition coefficient (Wildman–Crippen LogP) is 5.25. The number of hydrogen-bond acceptors (Lipinski definition) is 9. The van der Waals surface area contributed by atoms with E-state index in [-0.39, 0.29) is 11.3 Å². The zero-order valence-corrected chi connectivity index (χ0v) is 21.6. The van der Waals surface area contributed by atoms with Crippen molar-refractivity contribution < 1.29 is 42.9 Å². The first kappa shape index (κ1) is 28.6. The summed E-state index contributed by atoms with van der Waals surface area (Å²) < 4.78 is 26.4. The summed E-state index contributed by atoms with van der Waals surface area (Å²) in [6.07, 6.45) is 2.47. The fourth-order valence-electron chi connectivity index (χ4n) is 3.26. The number of ether oxygens (including phenoxy) is 5. The van der Waals surface area contributed by atoms with Crippen molar-refractivity contribution in [2.75, 3.05) is 13.2 Å². The van der Waals surface area contributed by atoms with Crippen molar-refractivity contribution in [3.63, 3.8) is 0 Å². The molecule has 0 heterocycles. The molecule has 0 aliphatic carbocycles. The van der Waals surface area contributed by atoms with Gasteiger partial charge in [0.05, 0.1) is 24.3 Å². The van der Waals surface area contributed by atoms with Crippen LogP contribution < -0.4 is 18.9 Å². The minimum atomic E-state index is -0.593. The van der Waals surface area contributed by atoms with Gasteiger partial charge in [0.25, 0.3) is 0 Å². The van der Waals surface area contributed by atoms with E-state index in [4.69, 9.17) is 23.7 Å². The van der Waals surface area contributed by atoms with Gasteiger partial charge in [-0.2, -0.15) is 0 Å². The van der Waals surface area contributed by atoms with Gasteiger partial charge in [-0.1, -0.05) is 6.58 Å². The highest BCUT2D eigenvalue weighted by Crippen LogP contribution is 2.25. The molecule has 3 rings (SSSR count). The predicted molar refractivity (Wildman–Crippen MR) is 141 cm³/mol. The van der Waals surface area contributed by atoms with Gasteiger partial charge in [0, 0.05) is 13.0 Å². The van der Waals surface area contributed by atoms with Gasteiger partial charge in [-0.3, -0.25) is 4.79 Å². The van der Waals surface area contributed by atoms with Gasteiger partial charge >= 0.3 is 23.9 Å². The number of hydrogen-bond donors (Lipinski definition) is 0. The smallest absolute Gasteiger partial charge is 0.343 e. The van der Waals surface area contributed by atoms with Crippen LogP contribution in [0.1, 0.15) is 46.0 Å². The molecule has 0 N–H and O–H groups in total. The molecule has 3 aromatic carbocycles. The van der Waals surface area contributed by atoms with Crippen molar-refractivity contribution in [3.8, 4) is 23.0 Å². The molecule has 9 heteroatoms. The first-order valence-electron chi connectivity index (χ1n) is 12.1. The minimum Gasteiger partial charge on any atom is -0.494 e. The Balaban J connectivity index is 1.47. The molecular weight excluding hydrogens is 504 g/mol. The van der Waals surface area contributed by atoms with Crippen molar-refractivity contribution in [3.05, 3.63) is 96.1 Å². The fourth-order valence-corrected chi connectivity index (χ4v) is 3.26. The second-order valence-corrected chi connectivity index (χ2v) is 8.28. The Labute approximate surface area is 225 Å². The number of aryl methyl sites for hydroxylation is 1. The zero-order valence-electron chi connectivity index (χ0n) is 21.6. The summed E-state index contributed by atoms with van der Waals surface area (Å²) in [5.41, 5.74) is 1.21. The summed E-state index contributed by atoms with van der Waals surface area (Å²) >= 11 is 0. The van der Waals surface area contributed by atoms with E-state index in [0.29, 0.717) is 54.4 Å². The molecule has 0 saturated carbocycles. The summed E-state index contributed by atoms with van der Waals surface area (Å²) in [7, 11) is 0. The van der Waals surface area contributed by atoms with Crippen molar-refractivity contribution in [2.45, 2.75) is 26.7 Å². The van der Waals surface area contributed by atoms with E-state index in [1.807, 2.05) is 0 Å². The molecule has 0 aromatic heterocycles. The molecule has 0 amide bonds. The maximum Gasteiger partial charge on any atom is 0.343 e. The molecule has 0 fully saturated rings. The second kappa shape index (κ2) is 14.1. The van der Waals surface area contributed by atoms with E-state index in [1.165, 1.54) is 37.3 Å². The lowest BCUT2D eigenvalue weighted by molar-refractivity contribution is -0.138. The molecule has 0 saturated heterocycles. The average Bonchev–Trinajstić information content (AvgIpc) is 2.92. The van der Waals surface area contributed by atoms with Crippen LogP contribution in [0.2, 0.25) is 0 Å². The third kappa shape index (κ3) is 9.15. The average molecular weight is 533 g/mol. The van der Waals surface area contributed by atoms with Crippen LogP contribution in [0.15, 0.2) is 79.4 Å². The van der Waals surface area contributed by atoms with Gasteiger partial charge in [0.1, 0.15) is 23.0 Å². The lowest BCUT2D eigenvalue weighted by atomic mass is 10.2. The van der Waals surface area contributed by atoms with E-state index in [9.17, 15) is 19.2 Å². The summed E-state index contributed by atoms with van der Waals surface area (Å²) in [6.45, 7) is 7.09. The number of carbonyl (C=O) groups excluding carboxylic acids is 4. The highest BCUT2D eigenvalue weighted by atomic mass is 16.5. The van der Waals surface area contributed by atoms with Crippen molar-refractivity contribution in [1.82, 2.24) is 0 Å². The lowest BCUT2D eigenvalue weighted by Crippen LogP contribution is -2.11. The normalized spacial score (nSPS) is 10.2. The molecule has 202 valence electrons. The first-order valence-corrected chi connectivity index (χ1v) is 12.1. The van der Waals surface area contributed by atoms with E-state index in [0.717, 1.165) is 6.08 Å². The monoisotopic (exact) mass is 532 g/mol. The summed E-state index contributed by atoms with van der Waals surface area (Å²) in [4.78, 5) is 47.1. The Morgan fingerprint density at radius 1 is 0.718 bits per heavy atom. The standard InChI is InChI=1S/C30H28O9/c1-4-28(32)36-18-6-5-17-35-24-11-7-22(8-12-24)29(33)38-25-13-9-23(10-14-25)30(34)39-27-16-15-26(19-20(27)2)37-21(3)31/h4,7-16,19H,1,5-6,17-18H2,2-3H3. The van der Waals surface area contributed by atoms with E-state index in [1.54, 1.807) is 43.3 Å². The number of benzene rings is 3. The van der Waals surface area contributed by atoms with Gasteiger partial charge < -0.3 is 23.7 Å². The molecule has 39 heavy (non-hydrogen) atoms. The molecule has 0 unspecified atom stereocenters. The van der Waals surface area contributed by atoms with Crippen LogP contribution in [0.25, 0.3) is 0 Å². The van der Waals surface area contributed by atoms with E-state index < -0.39 is 23.9 Å². The van der Waals surface area contributed by atoms with Gasteiger partial charge in [-0.15, -0.1) is 0 Å². The first-order chi connectivity index (χ1) is 18.7. The number of esters is 4. The Hall–Kier alpha value is -4.92. The summed E-state index contributed by atoms with van der Waals surface area (Å²) in [5.74, 6) is -0.520. The minimum absolute atomic E-state index is 0.260.